The number of hydrogen-bond donors (Lipinski definition) is 1. The third-order valence-corrected chi connectivity index (χ3v) is 4.16. The van der Waals surface area contributed by atoms with Crippen molar-refractivity contribution in [2.75, 3.05) is 24.8 Å². The fourth-order valence-electron chi connectivity index (χ4n) is 1.46. The Morgan fingerprint density at radius 2 is 1.94 bits per heavy atom. The Morgan fingerprint density at radius 1 is 1.44 bits per heavy atom. The van der Waals surface area contributed by atoms with Crippen molar-refractivity contribution >= 4 is 46.6 Å². The number of carbonyl (C=O) groups is 1. The van der Waals surface area contributed by atoms with Gasteiger partial charge in [-0.1, -0.05) is 23.2 Å². The van der Waals surface area contributed by atoms with Gasteiger partial charge in [-0.25, -0.2) is 0 Å². The van der Waals surface area contributed by atoms with Gasteiger partial charge < -0.3 is 10.6 Å². The maximum Gasteiger partial charge on any atom is 0.253 e. The van der Waals surface area contributed by atoms with Gasteiger partial charge in [-0.05, 0) is 25.3 Å². The molecule has 3 nitrogen and oxygen atoms in total. The zero-order chi connectivity index (χ0) is 13.9. The van der Waals surface area contributed by atoms with Crippen LogP contribution in [0, 0.1) is 0 Å². The van der Waals surface area contributed by atoms with E-state index in [9.17, 15) is 4.79 Å². The Hall–Kier alpha value is -0.580. The standard InChI is InChI=1S/C12H16Cl2N2OS/c1-7(6-18-3)16(2)12(17)8-4-9(13)11(15)10(14)5-8/h4-5,7H,6,15H2,1-3H3. The molecule has 0 saturated carbocycles. The SMILES string of the molecule is CSCC(C)N(C)C(=O)c1cc(Cl)c(N)c(Cl)c1. The Labute approximate surface area is 122 Å². The number of nitrogens with zero attached hydrogens (tertiary/aromatic N) is 1. The third-order valence-electron chi connectivity index (χ3n) is 2.72. The number of halogens is 2. The van der Waals surface area contributed by atoms with Gasteiger partial charge in [0.25, 0.3) is 5.91 Å². The van der Waals surface area contributed by atoms with Crippen LogP contribution < -0.4 is 5.73 Å². The van der Waals surface area contributed by atoms with E-state index in [-0.39, 0.29) is 11.9 Å². The zero-order valence-corrected chi connectivity index (χ0v) is 12.9. The van der Waals surface area contributed by atoms with E-state index in [1.165, 1.54) is 0 Å². The molecule has 6 heteroatoms. The van der Waals surface area contributed by atoms with Crippen LogP contribution in [0.3, 0.4) is 0 Å². The quantitative estimate of drug-likeness (QED) is 0.867. The molecule has 0 radical (unpaired) electrons. The summed E-state index contributed by atoms with van der Waals surface area (Å²) in [5, 5.41) is 0.605. The number of hydrogen-bond acceptors (Lipinski definition) is 3. The highest BCUT2D eigenvalue weighted by Gasteiger charge is 2.19. The second-order valence-electron chi connectivity index (χ2n) is 4.07. The minimum absolute atomic E-state index is 0.111. The van der Waals surface area contributed by atoms with Crippen molar-refractivity contribution in [2.45, 2.75) is 13.0 Å². The minimum Gasteiger partial charge on any atom is -0.396 e. The molecule has 1 unspecified atom stereocenters. The van der Waals surface area contributed by atoms with Gasteiger partial charge in [0, 0.05) is 24.4 Å². The Balaban J connectivity index is 2.97. The fraction of sp³-hybridized carbons (Fsp3) is 0.417. The van der Waals surface area contributed by atoms with Crippen LogP contribution in [0.2, 0.25) is 10.0 Å². The van der Waals surface area contributed by atoms with Gasteiger partial charge in [-0.15, -0.1) is 0 Å². The summed E-state index contributed by atoms with van der Waals surface area (Å²) in [5.41, 5.74) is 6.40. The van der Waals surface area contributed by atoms with Crippen molar-refractivity contribution in [1.29, 1.82) is 0 Å². The molecule has 1 aromatic rings. The summed E-state index contributed by atoms with van der Waals surface area (Å²) in [7, 11) is 1.77. The predicted octanol–water partition coefficient (Wildman–Crippen LogP) is 3.40. The number of anilines is 1. The summed E-state index contributed by atoms with van der Waals surface area (Å²) in [6.45, 7) is 1.99. The summed E-state index contributed by atoms with van der Waals surface area (Å²) in [4.78, 5) is 13.9. The van der Waals surface area contributed by atoms with Crippen molar-refractivity contribution in [2.24, 2.45) is 0 Å². The topological polar surface area (TPSA) is 46.3 Å². The van der Waals surface area contributed by atoms with Crippen molar-refractivity contribution in [3.05, 3.63) is 27.7 Å². The molecular formula is C12H16Cl2N2OS. The highest BCUT2D eigenvalue weighted by Crippen LogP contribution is 2.29. The summed E-state index contributed by atoms with van der Waals surface area (Å²) >= 11 is 13.5. The van der Waals surface area contributed by atoms with Gasteiger partial charge in [-0.2, -0.15) is 11.8 Å². The molecule has 1 rings (SSSR count). The van der Waals surface area contributed by atoms with Crippen molar-refractivity contribution in [3.8, 4) is 0 Å². The molecule has 2 N–H and O–H groups in total. The highest BCUT2D eigenvalue weighted by molar-refractivity contribution is 7.98. The number of nitrogen functional groups attached to an aromatic ring is 1. The first kappa shape index (κ1) is 15.5. The van der Waals surface area contributed by atoms with Gasteiger partial charge in [-0.3, -0.25) is 4.79 Å². The summed E-state index contributed by atoms with van der Waals surface area (Å²) in [6.07, 6.45) is 2.01. The van der Waals surface area contributed by atoms with E-state index in [4.69, 9.17) is 28.9 Å². The number of thioether (sulfide) groups is 1. The van der Waals surface area contributed by atoms with E-state index in [1.54, 1.807) is 35.8 Å². The lowest BCUT2D eigenvalue weighted by Gasteiger charge is -2.24. The van der Waals surface area contributed by atoms with Gasteiger partial charge in [0.15, 0.2) is 0 Å². The van der Waals surface area contributed by atoms with Crippen LogP contribution in [-0.2, 0) is 0 Å². The van der Waals surface area contributed by atoms with E-state index in [1.807, 2.05) is 13.2 Å². The van der Waals surface area contributed by atoms with E-state index in [0.717, 1.165) is 5.75 Å². The smallest absolute Gasteiger partial charge is 0.253 e. The number of benzene rings is 1. The lowest BCUT2D eigenvalue weighted by Crippen LogP contribution is -2.36. The highest BCUT2D eigenvalue weighted by atomic mass is 35.5. The number of nitrogens with two attached hydrogens (primary N) is 1. The molecule has 0 bridgehead atoms. The molecule has 100 valence electrons. The van der Waals surface area contributed by atoms with E-state index in [0.29, 0.717) is 21.3 Å². The van der Waals surface area contributed by atoms with Crippen molar-refractivity contribution < 1.29 is 4.79 Å². The minimum atomic E-state index is -0.111. The van der Waals surface area contributed by atoms with Crippen LogP contribution in [0.5, 0.6) is 0 Å². The molecule has 0 aliphatic carbocycles. The Bertz CT molecular complexity index is 431. The number of amides is 1. The van der Waals surface area contributed by atoms with E-state index < -0.39 is 0 Å². The molecule has 1 amide bonds. The zero-order valence-electron chi connectivity index (χ0n) is 10.5. The lowest BCUT2D eigenvalue weighted by atomic mass is 10.1. The molecular weight excluding hydrogens is 291 g/mol. The van der Waals surface area contributed by atoms with Crippen LogP contribution in [0.4, 0.5) is 5.69 Å². The van der Waals surface area contributed by atoms with Gasteiger partial charge >= 0.3 is 0 Å². The first-order valence-electron chi connectivity index (χ1n) is 5.39. The average molecular weight is 307 g/mol. The summed E-state index contributed by atoms with van der Waals surface area (Å²) in [5.74, 6) is 0.763. The number of rotatable bonds is 4. The third kappa shape index (κ3) is 3.46. The molecule has 18 heavy (non-hydrogen) atoms. The van der Waals surface area contributed by atoms with Crippen LogP contribution in [0.1, 0.15) is 17.3 Å². The second kappa shape index (κ2) is 6.55. The molecule has 0 spiro atoms. The first-order valence-corrected chi connectivity index (χ1v) is 7.54. The van der Waals surface area contributed by atoms with Gasteiger partial charge in [0.1, 0.15) is 0 Å². The molecule has 0 fully saturated rings. The van der Waals surface area contributed by atoms with Gasteiger partial charge in [0.05, 0.1) is 15.7 Å². The lowest BCUT2D eigenvalue weighted by molar-refractivity contribution is 0.0757. The van der Waals surface area contributed by atoms with E-state index >= 15 is 0 Å². The summed E-state index contributed by atoms with van der Waals surface area (Å²) in [6, 6.07) is 3.24. The monoisotopic (exact) mass is 306 g/mol. The molecule has 0 saturated heterocycles. The predicted molar refractivity (Wildman–Crippen MR) is 80.8 cm³/mol. The first-order chi connectivity index (χ1) is 8.38. The molecule has 0 aliphatic heterocycles. The molecule has 1 aromatic carbocycles. The largest absolute Gasteiger partial charge is 0.396 e. The van der Waals surface area contributed by atoms with Crippen LogP contribution >= 0.6 is 35.0 Å². The van der Waals surface area contributed by atoms with Crippen molar-refractivity contribution in [3.63, 3.8) is 0 Å². The van der Waals surface area contributed by atoms with Crippen LogP contribution in [0.25, 0.3) is 0 Å². The van der Waals surface area contributed by atoms with Gasteiger partial charge in [0.2, 0.25) is 0 Å². The molecule has 0 heterocycles. The second-order valence-corrected chi connectivity index (χ2v) is 5.80. The maximum absolute atomic E-state index is 12.2. The normalized spacial score (nSPS) is 12.3. The van der Waals surface area contributed by atoms with Crippen LogP contribution in [-0.4, -0.2) is 35.9 Å². The van der Waals surface area contributed by atoms with Crippen molar-refractivity contribution in [1.82, 2.24) is 4.90 Å². The average Bonchev–Trinajstić information content (AvgIpc) is 2.33. The maximum atomic E-state index is 12.2. The Kier molecular flexibility index (Phi) is 5.63. The Morgan fingerprint density at radius 3 is 2.39 bits per heavy atom. The van der Waals surface area contributed by atoms with E-state index in [2.05, 4.69) is 0 Å². The molecule has 0 aliphatic rings. The fourth-order valence-corrected chi connectivity index (χ4v) is 2.66. The summed E-state index contributed by atoms with van der Waals surface area (Å²) < 4.78 is 0. The molecule has 0 aromatic heterocycles. The van der Waals surface area contributed by atoms with Crippen LogP contribution in [0.15, 0.2) is 12.1 Å². The number of carbonyl (C=O) groups excluding carboxylic acids is 1. The molecule has 1 atom stereocenters.